The van der Waals surface area contributed by atoms with Gasteiger partial charge in [0.2, 0.25) is 11.8 Å². The molecule has 0 unspecified atom stereocenters. The highest BCUT2D eigenvalue weighted by Gasteiger charge is 2.44. The van der Waals surface area contributed by atoms with E-state index in [1.807, 2.05) is 60.7 Å². The average Bonchev–Trinajstić information content (AvgIpc) is 2.99. The van der Waals surface area contributed by atoms with Gasteiger partial charge in [-0.2, -0.15) is 0 Å². The number of amides is 3. The van der Waals surface area contributed by atoms with Gasteiger partial charge in [-0.05, 0) is 51.2 Å². The van der Waals surface area contributed by atoms with Gasteiger partial charge < -0.3 is 9.47 Å². The Morgan fingerprint density at radius 1 is 0.930 bits per heavy atom. The van der Waals surface area contributed by atoms with Gasteiger partial charge >= 0.3 is 12.1 Å². The Morgan fingerprint density at radius 2 is 1.56 bits per heavy atom. The third-order valence-corrected chi connectivity index (χ3v) is 6.93. The number of ether oxygens (including phenoxy) is 2. The lowest BCUT2D eigenvalue weighted by Gasteiger charge is -2.43. The van der Waals surface area contributed by atoms with Crippen LogP contribution in [-0.2, 0) is 41.9 Å². The lowest BCUT2D eigenvalue weighted by atomic mass is 9.94. The summed E-state index contributed by atoms with van der Waals surface area (Å²) in [5.74, 6) is -2.36. The Hall–Kier alpha value is -3.92. The number of hydrogen-bond donors (Lipinski definition) is 1. The summed E-state index contributed by atoms with van der Waals surface area (Å²) in [6.07, 6.45) is 2.79. The number of esters is 1. The summed E-state index contributed by atoms with van der Waals surface area (Å²) in [7, 11) is 0. The molecule has 10 heteroatoms. The van der Waals surface area contributed by atoms with Crippen molar-refractivity contribution in [3.63, 3.8) is 0 Å². The number of nitrogens with zero attached hydrogens (tertiary/aromatic N) is 2. The molecule has 10 nitrogen and oxygen atoms in total. The summed E-state index contributed by atoms with van der Waals surface area (Å²) >= 11 is 0. The van der Waals surface area contributed by atoms with E-state index >= 15 is 0 Å². The Morgan fingerprint density at radius 3 is 2.16 bits per heavy atom. The highest BCUT2D eigenvalue weighted by atomic mass is 16.6. The number of carbonyl (C=O) groups is 4. The van der Waals surface area contributed by atoms with Crippen LogP contribution in [0.1, 0.15) is 83.8 Å². The largest absolute Gasteiger partial charge is 0.458 e. The minimum atomic E-state index is -1.03. The van der Waals surface area contributed by atoms with Crippen LogP contribution in [0.2, 0.25) is 0 Å². The molecule has 0 saturated carbocycles. The summed E-state index contributed by atoms with van der Waals surface area (Å²) in [4.78, 5) is 59.3. The van der Waals surface area contributed by atoms with Gasteiger partial charge in [0, 0.05) is 18.9 Å². The van der Waals surface area contributed by atoms with Gasteiger partial charge in [-0.1, -0.05) is 86.8 Å². The maximum atomic E-state index is 14.2. The van der Waals surface area contributed by atoms with E-state index in [0.29, 0.717) is 25.7 Å². The van der Waals surface area contributed by atoms with Crippen LogP contribution in [0.25, 0.3) is 0 Å². The lowest BCUT2D eigenvalue weighted by Crippen LogP contribution is -2.62. The smallest absolute Gasteiger partial charge is 0.429 e. The van der Waals surface area contributed by atoms with Crippen molar-refractivity contribution >= 4 is 23.9 Å². The van der Waals surface area contributed by atoms with E-state index in [-0.39, 0.29) is 26.2 Å². The van der Waals surface area contributed by atoms with Gasteiger partial charge in [0.05, 0.1) is 6.61 Å². The molecule has 0 spiro atoms. The second kappa shape index (κ2) is 16.6. The molecule has 2 aromatic carbocycles. The van der Waals surface area contributed by atoms with Gasteiger partial charge in [0.1, 0.15) is 12.2 Å². The lowest BCUT2D eigenvalue weighted by molar-refractivity contribution is -0.183. The molecule has 1 fully saturated rings. The third-order valence-electron chi connectivity index (χ3n) is 6.93. The van der Waals surface area contributed by atoms with Gasteiger partial charge in [0.25, 0.3) is 0 Å². The van der Waals surface area contributed by atoms with Crippen LogP contribution < -0.4 is 5.48 Å². The molecule has 1 aliphatic heterocycles. The van der Waals surface area contributed by atoms with Crippen LogP contribution in [0.3, 0.4) is 0 Å². The van der Waals surface area contributed by atoms with Crippen molar-refractivity contribution < 1.29 is 33.5 Å². The molecule has 0 bridgehead atoms. The summed E-state index contributed by atoms with van der Waals surface area (Å²) in [5, 5.41) is 2.37. The molecule has 43 heavy (non-hydrogen) atoms. The number of rotatable bonds is 13. The van der Waals surface area contributed by atoms with E-state index in [4.69, 9.17) is 14.3 Å². The first-order valence-corrected chi connectivity index (χ1v) is 15.1. The SMILES string of the molecule is CCCCC[C@@H](CC(=O)NOCc1ccccc1)C(=O)N1[C@@H](C(=O)OC(C)(C)C)CCCN1C(=O)OCc1ccccc1. The van der Waals surface area contributed by atoms with Crippen molar-refractivity contribution in [2.45, 2.75) is 97.5 Å². The van der Waals surface area contributed by atoms with Crippen LogP contribution >= 0.6 is 0 Å². The molecule has 234 valence electrons. The molecular weight excluding hydrogens is 550 g/mol. The van der Waals surface area contributed by atoms with Crippen molar-refractivity contribution in [3.8, 4) is 0 Å². The highest BCUT2D eigenvalue weighted by Crippen LogP contribution is 2.28. The van der Waals surface area contributed by atoms with E-state index in [1.165, 1.54) is 10.0 Å². The van der Waals surface area contributed by atoms with E-state index < -0.39 is 41.4 Å². The molecule has 1 N–H and O–H groups in total. The maximum Gasteiger partial charge on any atom is 0.429 e. The number of carbonyl (C=O) groups excluding carboxylic acids is 4. The van der Waals surface area contributed by atoms with Crippen LogP contribution in [0.15, 0.2) is 60.7 Å². The predicted octanol–water partition coefficient (Wildman–Crippen LogP) is 5.71. The van der Waals surface area contributed by atoms with Crippen LogP contribution in [-0.4, -0.2) is 52.1 Å². The number of hydroxylamine groups is 1. The summed E-state index contributed by atoms with van der Waals surface area (Å²) < 4.78 is 11.2. The number of benzene rings is 2. The van der Waals surface area contributed by atoms with Gasteiger partial charge in [-0.25, -0.2) is 25.1 Å². The molecule has 3 rings (SSSR count). The van der Waals surface area contributed by atoms with Gasteiger partial charge in [0.15, 0.2) is 6.04 Å². The fourth-order valence-electron chi connectivity index (χ4n) is 4.85. The summed E-state index contributed by atoms with van der Waals surface area (Å²) in [5.41, 5.74) is 3.32. The van der Waals surface area contributed by atoms with Crippen LogP contribution in [0.5, 0.6) is 0 Å². The molecule has 3 amide bonds. The molecule has 1 aliphatic rings. The summed E-state index contributed by atoms with van der Waals surface area (Å²) in [6.45, 7) is 7.67. The maximum absolute atomic E-state index is 14.2. The molecule has 0 radical (unpaired) electrons. The zero-order valence-corrected chi connectivity index (χ0v) is 25.8. The highest BCUT2D eigenvalue weighted by molar-refractivity contribution is 5.90. The van der Waals surface area contributed by atoms with Crippen molar-refractivity contribution in [1.82, 2.24) is 15.5 Å². The normalized spacial score (nSPS) is 15.9. The van der Waals surface area contributed by atoms with Crippen molar-refractivity contribution in [2.75, 3.05) is 6.54 Å². The first-order chi connectivity index (χ1) is 20.6. The number of unbranched alkanes of at least 4 members (excludes halogenated alkanes) is 2. The molecule has 0 aliphatic carbocycles. The quantitative estimate of drug-likeness (QED) is 0.179. The Balaban J connectivity index is 1.80. The van der Waals surface area contributed by atoms with Crippen molar-refractivity contribution in [2.24, 2.45) is 5.92 Å². The predicted molar refractivity (Wildman–Crippen MR) is 161 cm³/mol. The minimum Gasteiger partial charge on any atom is -0.458 e. The van der Waals surface area contributed by atoms with Crippen molar-refractivity contribution in [1.29, 1.82) is 0 Å². The second-order valence-corrected chi connectivity index (χ2v) is 11.7. The first kappa shape index (κ1) is 33.6. The molecule has 0 aromatic heterocycles. The topological polar surface area (TPSA) is 114 Å². The molecule has 2 aromatic rings. The zero-order valence-electron chi connectivity index (χ0n) is 25.8. The monoisotopic (exact) mass is 595 g/mol. The Kier molecular flexibility index (Phi) is 13.0. The first-order valence-electron chi connectivity index (χ1n) is 15.1. The molecule has 1 saturated heterocycles. The van der Waals surface area contributed by atoms with Gasteiger partial charge in [-0.3, -0.25) is 14.4 Å². The standard InChI is InChI=1S/C33H45N3O7/c1-5-6-9-19-27(22-29(37)34-42-24-26-17-12-8-13-18-26)30(38)36-28(31(39)43-33(2,3)4)20-14-21-35(36)32(40)41-23-25-15-10-7-11-16-25/h7-8,10-13,15-18,27-28H,5-6,9,14,19-24H2,1-4H3,(H,34,37)/t27-,28+/m0/s1. The third kappa shape index (κ3) is 11.0. The Labute approximate surface area is 254 Å². The van der Waals surface area contributed by atoms with E-state index in [9.17, 15) is 19.2 Å². The molecular formula is C33H45N3O7. The van der Waals surface area contributed by atoms with Gasteiger partial charge in [-0.15, -0.1) is 0 Å². The number of nitrogens with one attached hydrogen (secondary N) is 1. The van der Waals surface area contributed by atoms with Crippen LogP contribution in [0.4, 0.5) is 4.79 Å². The fourth-order valence-corrected chi connectivity index (χ4v) is 4.85. The zero-order chi connectivity index (χ0) is 31.2. The van der Waals surface area contributed by atoms with E-state index in [2.05, 4.69) is 12.4 Å². The second-order valence-electron chi connectivity index (χ2n) is 11.7. The van der Waals surface area contributed by atoms with Crippen molar-refractivity contribution in [3.05, 3.63) is 71.8 Å². The molecule has 2 atom stereocenters. The van der Waals surface area contributed by atoms with Crippen LogP contribution in [0, 0.1) is 5.92 Å². The fraction of sp³-hybridized carbons (Fsp3) is 0.515. The molecule has 1 heterocycles. The number of hydrogen-bond acceptors (Lipinski definition) is 7. The minimum absolute atomic E-state index is 0.0103. The Bertz CT molecular complexity index is 1180. The van der Waals surface area contributed by atoms with E-state index in [0.717, 1.165) is 24.0 Å². The number of hydrazine groups is 1. The average molecular weight is 596 g/mol. The van der Waals surface area contributed by atoms with E-state index in [1.54, 1.807) is 20.8 Å². The summed E-state index contributed by atoms with van der Waals surface area (Å²) in [6, 6.07) is 17.6.